The van der Waals surface area contributed by atoms with E-state index in [2.05, 4.69) is 26.0 Å². The number of ether oxygens (including phenoxy) is 1. The zero-order chi connectivity index (χ0) is 25.1. The molecule has 0 bridgehead atoms. The highest BCUT2D eigenvalue weighted by molar-refractivity contribution is 9.10. The van der Waals surface area contributed by atoms with Gasteiger partial charge in [-0.25, -0.2) is 19.4 Å². The lowest BCUT2D eigenvalue weighted by Crippen LogP contribution is -2.24. The molecule has 0 saturated heterocycles. The van der Waals surface area contributed by atoms with Crippen LogP contribution in [0, 0.1) is 17.0 Å². The third-order valence-electron chi connectivity index (χ3n) is 5.71. The van der Waals surface area contributed by atoms with Gasteiger partial charge in [0.05, 0.1) is 17.3 Å². The van der Waals surface area contributed by atoms with E-state index in [1.54, 1.807) is 31.2 Å². The van der Waals surface area contributed by atoms with Gasteiger partial charge in [-0.1, -0.05) is 40.2 Å². The summed E-state index contributed by atoms with van der Waals surface area (Å²) < 4.78 is 7.64. The van der Waals surface area contributed by atoms with Crippen molar-refractivity contribution in [2.75, 3.05) is 6.61 Å². The third-order valence-corrected chi connectivity index (χ3v) is 6.24. The Morgan fingerprint density at radius 3 is 2.49 bits per heavy atom. The zero-order valence-corrected chi connectivity index (χ0v) is 20.6. The van der Waals surface area contributed by atoms with Crippen LogP contribution in [-0.4, -0.2) is 43.7 Å². The molecule has 0 radical (unpaired) electrons. The number of hydrogen-bond donors (Lipinski definition) is 0. The van der Waals surface area contributed by atoms with Crippen LogP contribution in [0.15, 0.2) is 64.3 Å². The first-order valence-corrected chi connectivity index (χ1v) is 11.6. The number of amides is 1. The number of hydrogen-bond acceptors (Lipinski definition) is 7. The Hall–Kier alpha value is -3.86. The number of rotatable bonds is 7. The molecule has 2 aromatic carbocycles. The van der Waals surface area contributed by atoms with Crippen molar-refractivity contribution < 1.29 is 19.2 Å². The average Bonchev–Trinajstić information content (AvgIpc) is 3.44. The van der Waals surface area contributed by atoms with Crippen molar-refractivity contribution in [3.63, 3.8) is 0 Å². The third kappa shape index (κ3) is 5.29. The molecule has 1 atom stereocenters. The first-order valence-electron chi connectivity index (χ1n) is 10.8. The van der Waals surface area contributed by atoms with Crippen molar-refractivity contribution in [1.82, 2.24) is 14.6 Å². The first-order chi connectivity index (χ1) is 16.7. The summed E-state index contributed by atoms with van der Waals surface area (Å²) >= 11 is 3.42. The fraction of sp³-hybridized carbons (Fsp3) is 0.250. The normalized spacial score (nSPS) is 15.1. The van der Waals surface area contributed by atoms with E-state index in [-0.39, 0.29) is 30.9 Å². The summed E-state index contributed by atoms with van der Waals surface area (Å²) in [6.45, 7) is 3.20. The molecule has 0 N–H and O–H groups in total. The van der Waals surface area contributed by atoms with Crippen LogP contribution in [0.5, 0.6) is 0 Å². The molecule has 1 amide bonds. The molecule has 0 spiro atoms. The predicted octanol–water partition coefficient (Wildman–Crippen LogP) is 4.42. The molecule has 1 unspecified atom stereocenters. The number of carbonyl (C=O) groups excluding carboxylic acids is 2. The molecular formula is C24H22BrN5O5. The number of benzene rings is 2. The van der Waals surface area contributed by atoms with Crippen molar-refractivity contribution in [2.45, 2.75) is 32.9 Å². The van der Waals surface area contributed by atoms with Gasteiger partial charge in [0.25, 0.3) is 0 Å². The van der Waals surface area contributed by atoms with Crippen LogP contribution >= 0.6 is 15.9 Å². The van der Waals surface area contributed by atoms with Gasteiger partial charge < -0.3 is 14.9 Å². The second-order valence-corrected chi connectivity index (χ2v) is 8.88. The maximum absolute atomic E-state index is 12.5. The summed E-state index contributed by atoms with van der Waals surface area (Å²) in [6, 6.07) is 14.3. The molecule has 4 rings (SSSR count). The standard InChI is InChI=1S/C24H22BrN5O5/c1-15-26-14-23(30(33)34)28(15)11-12-35-24(32)19-5-3-18(4-6-19)22-13-21(27-29(22)16(2)31)17-7-9-20(25)10-8-17/h3-10,14,22H,11-13H2,1-2H3. The molecule has 1 aliphatic rings. The Bertz CT molecular complexity index is 1300. The van der Waals surface area contributed by atoms with Crippen molar-refractivity contribution in [1.29, 1.82) is 0 Å². The fourth-order valence-corrected chi connectivity index (χ4v) is 4.17. The molecule has 1 aliphatic heterocycles. The van der Waals surface area contributed by atoms with Gasteiger partial charge in [0.15, 0.2) is 5.82 Å². The van der Waals surface area contributed by atoms with Crippen molar-refractivity contribution >= 4 is 39.3 Å². The van der Waals surface area contributed by atoms with E-state index in [9.17, 15) is 19.7 Å². The molecular weight excluding hydrogens is 518 g/mol. The molecule has 35 heavy (non-hydrogen) atoms. The highest BCUT2D eigenvalue weighted by Crippen LogP contribution is 2.33. The van der Waals surface area contributed by atoms with Crippen molar-refractivity contribution in [3.05, 3.63) is 91.8 Å². The van der Waals surface area contributed by atoms with E-state index >= 15 is 0 Å². The Morgan fingerprint density at radius 1 is 1.17 bits per heavy atom. The number of nitro groups is 1. The van der Waals surface area contributed by atoms with Crippen LogP contribution in [-0.2, 0) is 16.1 Å². The Morgan fingerprint density at radius 2 is 1.86 bits per heavy atom. The quantitative estimate of drug-likeness (QED) is 0.249. The summed E-state index contributed by atoms with van der Waals surface area (Å²) in [4.78, 5) is 39.2. The fourth-order valence-electron chi connectivity index (χ4n) is 3.91. The molecule has 0 fully saturated rings. The highest BCUT2D eigenvalue weighted by atomic mass is 79.9. The predicted molar refractivity (Wildman–Crippen MR) is 131 cm³/mol. The number of nitrogens with zero attached hydrogens (tertiary/aromatic N) is 5. The molecule has 1 aromatic heterocycles. The van der Waals surface area contributed by atoms with E-state index in [0.717, 1.165) is 21.3 Å². The zero-order valence-electron chi connectivity index (χ0n) is 19.1. The molecule has 0 aliphatic carbocycles. The van der Waals surface area contributed by atoms with Gasteiger partial charge in [0, 0.05) is 24.7 Å². The maximum atomic E-state index is 12.5. The van der Waals surface area contributed by atoms with Gasteiger partial charge in [-0.05, 0) is 40.3 Å². The van der Waals surface area contributed by atoms with Crippen LogP contribution < -0.4 is 0 Å². The van der Waals surface area contributed by atoms with Crippen LogP contribution in [0.3, 0.4) is 0 Å². The minimum atomic E-state index is -0.543. The second-order valence-electron chi connectivity index (χ2n) is 7.97. The van der Waals surface area contributed by atoms with Gasteiger partial charge in [-0.3, -0.25) is 4.79 Å². The van der Waals surface area contributed by atoms with E-state index in [1.165, 1.54) is 22.7 Å². The number of esters is 1. The molecule has 3 aromatic rings. The number of hydrazone groups is 1. The summed E-state index contributed by atoms with van der Waals surface area (Å²) in [5, 5.41) is 17.1. The summed E-state index contributed by atoms with van der Waals surface area (Å²) in [5.41, 5.74) is 2.94. The largest absolute Gasteiger partial charge is 0.458 e. The van der Waals surface area contributed by atoms with Gasteiger partial charge in [0.1, 0.15) is 19.3 Å². The summed E-state index contributed by atoms with van der Waals surface area (Å²) in [6.07, 6.45) is 1.73. The lowest BCUT2D eigenvalue weighted by Gasteiger charge is -2.20. The summed E-state index contributed by atoms with van der Waals surface area (Å²) in [7, 11) is 0. The summed E-state index contributed by atoms with van der Waals surface area (Å²) in [5.74, 6) is -0.402. The number of imidazole rings is 1. The Balaban J connectivity index is 1.41. The van der Waals surface area contributed by atoms with E-state index in [0.29, 0.717) is 17.8 Å². The van der Waals surface area contributed by atoms with E-state index in [1.807, 2.05) is 24.3 Å². The van der Waals surface area contributed by atoms with Gasteiger partial charge in [0.2, 0.25) is 5.91 Å². The Kier molecular flexibility index (Phi) is 7.06. The van der Waals surface area contributed by atoms with Crippen LogP contribution in [0.25, 0.3) is 0 Å². The van der Waals surface area contributed by atoms with Gasteiger partial charge in [-0.2, -0.15) is 5.10 Å². The number of carbonyl (C=O) groups is 2. The van der Waals surface area contributed by atoms with Crippen molar-refractivity contribution in [2.24, 2.45) is 5.10 Å². The minimum Gasteiger partial charge on any atom is -0.458 e. The lowest BCUT2D eigenvalue weighted by atomic mass is 9.97. The number of halogens is 1. The number of aromatic nitrogens is 2. The molecule has 0 saturated carbocycles. The number of aryl methyl sites for hydroxylation is 1. The molecule has 180 valence electrons. The van der Waals surface area contributed by atoms with Crippen molar-refractivity contribution in [3.8, 4) is 0 Å². The van der Waals surface area contributed by atoms with Gasteiger partial charge >= 0.3 is 11.8 Å². The lowest BCUT2D eigenvalue weighted by molar-refractivity contribution is -0.392. The van der Waals surface area contributed by atoms with E-state index < -0.39 is 10.9 Å². The van der Waals surface area contributed by atoms with Crippen LogP contribution in [0.2, 0.25) is 0 Å². The monoisotopic (exact) mass is 539 g/mol. The van der Waals surface area contributed by atoms with E-state index in [4.69, 9.17) is 4.74 Å². The smallest absolute Gasteiger partial charge is 0.342 e. The molecule has 11 heteroatoms. The molecule has 10 nitrogen and oxygen atoms in total. The second kappa shape index (κ2) is 10.2. The SMILES string of the molecule is CC(=O)N1N=C(c2ccc(Br)cc2)CC1c1ccc(C(=O)OCCn2c([N+](=O)[O-])cnc2C)cc1. The first kappa shape index (κ1) is 24.3. The topological polar surface area (TPSA) is 120 Å². The van der Waals surface area contributed by atoms with Gasteiger partial charge in [-0.15, -0.1) is 0 Å². The average molecular weight is 540 g/mol. The van der Waals surface area contributed by atoms with Crippen LogP contribution in [0.1, 0.15) is 46.7 Å². The molecule has 2 heterocycles. The minimum absolute atomic E-state index is 0.0379. The Labute approximate surface area is 209 Å². The van der Waals surface area contributed by atoms with Crippen LogP contribution in [0.4, 0.5) is 5.82 Å². The maximum Gasteiger partial charge on any atom is 0.342 e. The highest BCUT2D eigenvalue weighted by Gasteiger charge is 2.31.